The third-order valence-corrected chi connectivity index (χ3v) is 3.85. The van der Waals surface area contributed by atoms with Crippen molar-refractivity contribution in [1.29, 1.82) is 0 Å². The molecule has 1 fully saturated rings. The first kappa shape index (κ1) is 15.3. The molecule has 1 aromatic carbocycles. The summed E-state index contributed by atoms with van der Waals surface area (Å²) in [6.45, 7) is 2.11. The molecule has 0 saturated heterocycles. The van der Waals surface area contributed by atoms with Gasteiger partial charge < -0.3 is 5.32 Å². The molecule has 0 aromatic heterocycles. The Labute approximate surface area is 120 Å². The van der Waals surface area contributed by atoms with E-state index in [-0.39, 0.29) is 6.04 Å². The molecule has 1 aliphatic rings. The number of nitrogens with zero attached hydrogens (tertiary/aromatic N) is 1. The quantitative estimate of drug-likeness (QED) is 0.688. The fraction of sp³-hybridized carbons (Fsp3) is 0.500. The molecule has 1 aliphatic carbocycles. The van der Waals surface area contributed by atoms with Gasteiger partial charge >= 0.3 is 5.69 Å². The molecule has 0 unspecified atom stereocenters. The number of nitro benzene ring substituents is 1. The first-order valence-electron chi connectivity index (χ1n) is 6.83. The van der Waals surface area contributed by atoms with Gasteiger partial charge in [-0.05, 0) is 37.7 Å². The number of hydrogen-bond acceptors (Lipinski definition) is 3. The van der Waals surface area contributed by atoms with Gasteiger partial charge in [-0.3, -0.25) is 14.9 Å². The van der Waals surface area contributed by atoms with Crippen molar-refractivity contribution < 1.29 is 18.5 Å². The highest BCUT2D eigenvalue weighted by Crippen LogP contribution is 2.26. The van der Waals surface area contributed by atoms with Crippen molar-refractivity contribution >= 4 is 11.6 Å². The Balaban J connectivity index is 2.19. The molecule has 0 atom stereocenters. The third-order valence-electron chi connectivity index (χ3n) is 3.85. The van der Waals surface area contributed by atoms with E-state index in [1.54, 1.807) is 0 Å². The predicted octanol–water partition coefficient (Wildman–Crippen LogP) is 3.18. The van der Waals surface area contributed by atoms with Crippen molar-refractivity contribution in [2.75, 3.05) is 0 Å². The Morgan fingerprint density at radius 2 is 1.90 bits per heavy atom. The van der Waals surface area contributed by atoms with Crippen molar-refractivity contribution in [2.45, 2.75) is 38.6 Å². The highest BCUT2D eigenvalue weighted by Gasteiger charge is 2.28. The third kappa shape index (κ3) is 3.34. The van der Waals surface area contributed by atoms with Crippen molar-refractivity contribution in [1.82, 2.24) is 5.32 Å². The van der Waals surface area contributed by atoms with Crippen LogP contribution in [0.1, 0.15) is 43.0 Å². The summed E-state index contributed by atoms with van der Waals surface area (Å²) in [5.74, 6) is -2.89. The molecule has 7 heteroatoms. The molecule has 0 radical (unpaired) electrons. The first-order chi connectivity index (χ1) is 9.90. The van der Waals surface area contributed by atoms with Gasteiger partial charge in [-0.2, -0.15) is 4.39 Å². The van der Waals surface area contributed by atoms with Crippen LogP contribution >= 0.6 is 0 Å². The van der Waals surface area contributed by atoms with Crippen LogP contribution in [0, 0.1) is 27.7 Å². The molecule has 1 N–H and O–H groups in total. The summed E-state index contributed by atoms with van der Waals surface area (Å²) >= 11 is 0. The minimum atomic E-state index is -1.43. The normalized spacial score (nSPS) is 21.9. The van der Waals surface area contributed by atoms with E-state index in [9.17, 15) is 23.7 Å². The van der Waals surface area contributed by atoms with E-state index < -0.39 is 33.7 Å². The van der Waals surface area contributed by atoms with E-state index >= 15 is 0 Å². The molecular formula is C14H16F2N2O3. The van der Waals surface area contributed by atoms with Gasteiger partial charge in [0.1, 0.15) is 11.4 Å². The molecule has 0 bridgehead atoms. The van der Waals surface area contributed by atoms with E-state index in [1.807, 2.05) is 0 Å². The lowest BCUT2D eigenvalue weighted by Crippen LogP contribution is -2.38. The Morgan fingerprint density at radius 3 is 2.48 bits per heavy atom. The number of carbonyl (C=O) groups is 1. The SMILES string of the molecule is CC1CCC(NC(=O)c2c(F)ccc([N+](=O)[O-])c2F)CC1. The number of amides is 1. The molecule has 21 heavy (non-hydrogen) atoms. The fourth-order valence-corrected chi connectivity index (χ4v) is 2.55. The van der Waals surface area contributed by atoms with Crippen LogP contribution in [0.3, 0.4) is 0 Å². The van der Waals surface area contributed by atoms with Gasteiger partial charge in [0, 0.05) is 12.1 Å². The highest BCUT2D eigenvalue weighted by molar-refractivity contribution is 5.95. The molecule has 0 spiro atoms. The second-order valence-electron chi connectivity index (χ2n) is 5.44. The fourth-order valence-electron chi connectivity index (χ4n) is 2.55. The van der Waals surface area contributed by atoms with Crippen molar-refractivity contribution in [3.05, 3.63) is 39.4 Å². The zero-order valence-electron chi connectivity index (χ0n) is 11.6. The number of halogens is 2. The van der Waals surface area contributed by atoms with Crippen LogP contribution in [0.4, 0.5) is 14.5 Å². The molecule has 1 aromatic rings. The molecule has 1 amide bonds. The van der Waals surface area contributed by atoms with Gasteiger partial charge in [-0.15, -0.1) is 0 Å². The van der Waals surface area contributed by atoms with Crippen LogP contribution in [-0.4, -0.2) is 16.9 Å². The molecular weight excluding hydrogens is 282 g/mol. The summed E-state index contributed by atoms with van der Waals surface area (Å²) in [5, 5.41) is 13.2. The maximum Gasteiger partial charge on any atom is 0.305 e. The summed E-state index contributed by atoms with van der Waals surface area (Å²) in [4.78, 5) is 21.7. The number of carbonyl (C=O) groups excluding carboxylic acids is 1. The monoisotopic (exact) mass is 298 g/mol. The van der Waals surface area contributed by atoms with Crippen molar-refractivity contribution in [3.63, 3.8) is 0 Å². The maximum atomic E-state index is 13.9. The van der Waals surface area contributed by atoms with Crippen LogP contribution in [0.25, 0.3) is 0 Å². The average Bonchev–Trinajstić information content (AvgIpc) is 2.41. The van der Waals surface area contributed by atoms with Crippen molar-refractivity contribution in [3.8, 4) is 0 Å². The van der Waals surface area contributed by atoms with Crippen LogP contribution < -0.4 is 5.32 Å². The van der Waals surface area contributed by atoms with Crippen LogP contribution in [0.5, 0.6) is 0 Å². The maximum absolute atomic E-state index is 13.9. The topological polar surface area (TPSA) is 72.2 Å². The Hall–Kier alpha value is -2.05. The van der Waals surface area contributed by atoms with Gasteiger partial charge in [-0.25, -0.2) is 4.39 Å². The van der Waals surface area contributed by atoms with Gasteiger partial charge in [0.15, 0.2) is 0 Å². The van der Waals surface area contributed by atoms with Crippen LogP contribution in [0.2, 0.25) is 0 Å². The van der Waals surface area contributed by atoms with Crippen LogP contribution in [0.15, 0.2) is 12.1 Å². The minimum Gasteiger partial charge on any atom is -0.349 e. The summed E-state index contributed by atoms with van der Waals surface area (Å²) in [6.07, 6.45) is 3.35. The second kappa shape index (κ2) is 6.15. The van der Waals surface area contributed by atoms with E-state index in [1.165, 1.54) is 0 Å². The number of benzene rings is 1. The van der Waals surface area contributed by atoms with E-state index in [2.05, 4.69) is 12.2 Å². The minimum absolute atomic E-state index is 0.147. The molecule has 2 rings (SSSR count). The summed E-state index contributed by atoms with van der Waals surface area (Å²) in [5.41, 5.74) is -1.79. The predicted molar refractivity (Wildman–Crippen MR) is 71.9 cm³/mol. The Kier molecular flexibility index (Phi) is 4.50. The standard InChI is InChI=1S/C14H16F2N2O3/c1-8-2-4-9(5-3-8)17-14(19)12-10(15)6-7-11(13(12)16)18(20)21/h6-9H,2-5H2,1H3,(H,17,19). The first-order valence-corrected chi connectivity index (χ1v) is 6.83. The number of hydrogen-bond donors (Lipinski definition) is 1. The lowest BCUT2D eigenvalue weighted by molar-refractivity contribution is -0.387. The summed E-state index contributed by atoms with van der Waals surface area (Å²) in [6, 6.07) is 1.30. The zero-order chi connectivity index (χ0) is 15.6. The average molecular weight is 298 g/mol. The molecule has 0 heterocycles. The molecule has 5 nitrogen and oxygen atoms in total. The second-order valence-corrected chi connectivity index (χ2v) is 5.44. The van der Waals surface area contributed by atoms with Gasteiger partial charge in [-0.1, -0.05) is 6.92 Å². The zero-order valence-corrected chi connectivity index (χ0v) is 11.6. The summed E-state index contributed by atoms with van der Waals surface area (Å²) in [7, 11) is 0. The number of nitro groups is 1. The number of nitrogens with one attached hydrogen (secondary N) is 1. The molecule has 1 saturated carbocycles. The van der Waals surface area contributed by atoms with E-state index in [0.29, 0.717) is 12.0 Å². The largest absolute Gasteiger partial charge is 0.349 e. The Bertz CT molecular complexity index is 570. The Morgan fingerprint density at radius 1 is 1.29 bits per heavy atom. The van der Waals surface area contributed by atoms with E-state index in [0.717, 1.165) is 31.7 Å². The van der Waals surface area contributed by atoms with Gasteiger partial charge in [0.2, 0.25) is 5.82 Å². The lowest BCUT2D eigenvalue weighted by Gasteiger charge is -2.26. The van der Waals surface area contributed by atoms with Crippen LogP contribution in [-0.2, 0) is 0 Å². The molecule has 114 valence electrons. The van der Waals surface area contributed by atoms with Crippen molar-refractivity contribution in [2.24, 2.45) is 5.92 Å². The van der Waals surface area contributed by atoms with Gasteiger partial charge in [0.25, 0.3) is 5.91 Å². The van der Waals surface area contributed by atoms with Gasteiger partial charge in [0.05, 0.1) is 4.92 Å². The lowest BCUT2D eigenvalue weighted by atomic mass is 9.87. The summed E-state index contributed by atoms with van der Waals surface area (Å²) < 4.78 is 27.5. The molecule has 0 aliphatic heterocycles. The van der Waals surface area contributed by atoms with E-state index in [4.69, 9.17) is 0 Å². The highest BCUT2D eigenvalue weighted by atomic mass is 19.1. The smallest absolute Gasteiger partial charge is 0.305 e. The number of rotatable bonds is 3.